The first kappa shape index (κ1) is 9.91. The van der Waals surface area contributed by atoms with Crippen molar-refractivity contribution in [2.24, 2.45) is 0 Å². The minimum Gasteiger partial charge on any atom is 0 e. The number of rotatable bonds is 0. The average Bonchev–Trinajstić information content (AvgIpc) is 0.722. The number of hydrogen-bond donors (Lipinski definition) is 2. The fraction of sp³-hybridized carbons (Fsp3) is 0. The van der Waals surface area contributed by atoms with Gasteiger partial charge in [-0.2, -0.15) is 0 Å². The third-order valence-corrected chi connectivity index (χ3v) is 0. The third-order valence-electron chi connectivity index (χ3n) is 0. The molecule has 0 bridgehead atoms. The van der Waals surface area contributed by atoms with Gasteiger partial charge in [-0.1, -0.05) is 0 Å². The van der Waals surface area contributed by atoms with Crippen LogP contribution in [0.2, 0.25) is 0 Å². The Bertz CT molecular complexity index is 90.7. The Kier molecular flexibility index (Phi) is 4.75. The van der Waals surface area contributed by atoms with E-state index in [0.717, 1.165) is 0 Å². The molecule has 0 atom stereocenters. The van der Waals surface area contributed by atoms with Gasteiger partial charge in [0.15, 0.2) is 0 Å². The SMILES string of the molecule is O=[Se](=O)(O)O.[Au]. The molecule has 0 aliphatic heterocycles. The Balaban J connectivity index is 0. The van der Waals surface area contributed by atoms with Crippen LogP contribution in [0.5, 0.6) is 0 Å². The Morgan fingerprint density at radius 1 is 1.17 bits per heavy atom. The van der Waals surface area contributed by atoms with Crippen LogP contribution in [0.1, 0.15) is 0 Å². The summed E-state index contributed by atoms with van der Waals surface area (Å²) in [7, 11) is 0. The maximum Gasteiger partial charge on any atom is 0 e. The van der Waals surface area contributed by atoms with Crippen LogP contribution < -0.4 is 0 Å². The van der Waals surface area contributed by atoms with Gasteiger partial charge in [-0.3, -0.25) is 0 Å². The maximum absolute atomic E-state index is 8.82. The molecular weight excluding hydrogens is 340 g/mol. The zero-order valence-corrected chi connectivity index (χ0v) is 6.30. The van der Waals surface area contributed by atoms with Crippen LogP contribution >= 0.6 is 0 Å². The Hall–Kier alpha value is 0.780. The second-order valence-corrected chi connectivity index (χ2v) is 2.33. The summed E-state index contributed by atoms with van der Waals surface area (Å²) < 4.78 is 31.9. The molecule has 2 N–H and O–H groups in total. The molecule has 0 fully saturated rings. The van der Waals surface area contributed by atoms with E-state index in [9.17, 15) is 0 Å². The summed E-state index contributed by atoms with van der Waals surface area (Å²) in [6.07, 6.45) is 0. The third kappa shape index (κ3) is 112. The van der Waals surface area contributed by atoms with Gasteiger partial charge in [0.05, 0.1) is 0 Å². The van der Waals surface area contributed by atoms with E-state index in [2.05, 4.69) is 0 Å². The van der Waals surface area contributed by atoms with Crippen molar-refractivity contribution in [1.82, 2.24) is 0 Å². The Labute approximate surface area is 52.0 Å². The molecule has 0 amide bonds. The molecule has 0 unspecified atom stereocenters. The summed E-state index contributed by atoms with van der Waals surface area (Å²) in [4.78, 5) is 0. The van der Waals surface area contributed by atoms with Gasteiger partial charge in [-0.25, -0.2) is 0 Å². The van der Waals surface area contributed by atoms with Gasteiger partial charge in [0.25, 0.3) is 0 Å². The summed E-state index contributed by atoms with van der Waals surface area (Å²) in [5.74, 6) is 0. The molecule has 0 saturated carbocycles. The van der Waals surface area contributed by atoms with Gasteiger partial charge in [0, 0.05) is 22.4 Å². The van der Waals surface area contributed by atoms with Crippen LogP contribution in [0.3, 0.4) is 0 Å². The van der Waals surface area contributed by atoms with Crippen LogP contribution in [-0.4, -0.2) is 21.7 Å². The molecule has 0 saturated heterocycles. The standard InChI is InChI=1S/Au.H2O4Se/c;1-5(2,3)4/h;(H2,1,2,3,4). The molecule has 4 nitrogen and oxygen atoms in total. The summed E-state index contributed by atoms with van der Waals surface area (Å²) in [6.45, 7) is 0. The molecule has 0 aromatic carbocycles. The van der Waals surface area contributed by atoms with Crippen LogP contribution in [0.25, 0.3) is 0 Å². The number of hydrogen-bond acceptors (Lipinski definition) is 2. The van der Waals surface area contributed by atoms with Crippen molar-refractivity contribution in [3.8, 4) is 0 Å². The predicted molar refractivity (Wildman–Crippen MR) is 11.6 cm³/mol. The van der Waals surface area contributed by atoms with E-state index < -0.39 is 13.4 Å². The Morgan fingerprint density at radius 2 is 1.17 bits per heavy atom. The summed E-state index contributed by atoms with van der Waals surface area (Å²) in [5.41, 5.74) is 0. The zero-order chi connectivity index (χ0) is 4.50. The van der Waals surface area contributed by atoms with Gasteiger partial charge in [0.2, 0.25) is 0 Å². The van der Waals surface area contributed by atoms with Crippen LogP contribution in [-0.2, 0) is 30.0 Å². The smallest absolute Gasteiger partial charge is 0 e. The molecule has 0 spiro atoms. The molecule has 43 valence electrons. The largest absolute Gasteiger partial charge is 0 e. The van der Waals surface area contributed by atoms with E-state index in [1.165, 1.54) is 0 Å². The first-order valence-electron chi connectivity index (χ1n) is 0.698. The second kappa shape index (κ2) is 2.87. The summed E-state index contributed by atoms with van der Waals surface area (Å²) in [6, 6.07) is 0. The monoisotopic (exact) mass is 343 g/mol. The van der Waals surface area contributed by atoms with Crippen LogP contribution in [0, 0.1) is 0 Å². The topological polar surface area (TPSA) is 74.6 Å². The molecule has 0 rings (SSSR count). The first-order valence-corrected chi connectivity index (χ1v) is 3.63. The van der Waals surface area contributed by atoms with Crippen LogP contribution in [0.15, 0.2) is 0 Å². The van der Waals surface area contributed by atoms with Crippen molar-refractivity contribution in [1.29, 1.82) is 0 Å². The van der Waals surface area contributed by atoms with E-state index in [1.54, 1.807) is 0 Å². The minimum atomic E-state index is -5.25. The fourth-order valence-electron chi connectivity index (χ4n) is 0. The van der Waals surface area contributed by atoms with Crippen molar-refractivity contribution in [3.63, 3.8) is 0 Å². The molecule has 6 heavy (non-hydrogen) atoms. The van der Waals surface area contributed by atoms with Gasteiger partial charge in [0.1, 0.15) is 0 Å². The molecule has 0 aliphatic rings. The summed E-state index contributed by atoms with van der Waals surface area (Å²) >= 11 is -5.25. The van der Waals surface area contributed by atoms with E-state index in [4.69, 9.17) is 16.0 Å². The van der Waals surface area contributed by atoms with Crippen molar-refractivity contribution in [3.05, 3.63) is 0 Å². The Morgan fingerprint density at radius 3 is 1.17 bits per heavy atom. The van der Waals surface area contributed by atoms with Crippen molar-refractivity contribution in [2.45, 2.75) is 0 Å². The molecule has 0 aliphatic carbocycles. The molecule has 1 radical (unpaired) electrons. The molecule has 0 heterocycles. The van der Waals surface area contributed by atoms with E-state index in [1.807, 2.05) is 0 Å². The van der Waals surface area contributed by atoms with E-state index >= 15 is 0 Å². The zero-order valence-electron chi connectivity index (χ0n) is 2.42. The van der Waals surface area contributed by atoms with Gasteiger partial charge >= 0.3 is 29.4 Å². The molecular formula is H2AuO4Se. The normalized spacial score (nSPS) is 9.67. The molecule has 0 aromatic rings. The van der Waals surface area contributed by atoms with Gasteiger partial charge < -0.3 is 0 Å². The van der Waals surface area contributed by atoms with Gasteiger partial charge in [-0.15, -0.1) is 0 Å². The molecule has 6 heteroatoms. The van der Waals surface area contributed by atoms with Crippen molar-refractivity contribution in [2.75, 3.05) is 0 Å². The quantitative estimate of drug-likeness (QED) is 0.513. The fourth-order valence-corrected chi connectivity index (χ4v) is 0. The average molecular weight is 342 g/mol. The second-order valence-electron chi connectivity index (χ2n) is 0.448. The maximum atomic E-state index is 8.82. The van der Waals surface area contributed by atoms with E-state index in [0.29, 0.717) is 0 Å². The van der Waals surface area contributed by atoms with Crippen molar-refractivity contribution >= 4 is 13.4 Å². The van der Waals surface area contributed by atoms with Crippen molar-refractivity contribution < 1.29 is 38.4 Å². The predicted octanol–water partition coefficient (Wildman–Crippen LogP) is -1.73. The first-order chi connectivity index (χ1) is 2.00. The molecule has 0 aromatic heterocycles. The van der Waals surface area contributed by atoms with Crippen LogP contribution in [0.4, 0.5) is 0 Å². The summed E-state index contributed by atoms with van der Waals surface area (Å²) in [5, 5.41) is 0. The van der Waals surface area contributed by atoms with Gasteiger partial charge in [-0.05, 0) is 0 Å². The van der Waals surface area contributed by atoms with E-state index in [-0.39, 0.29) is 22.4 Å². The minimum absolute atomic E-state index is 0.